The fourth-order valence-electron chi connectivity index (χ4n) is 2.17. The first-order valence-corrected chi connectivity index (χ1v) is 5.81. The third kappa shape index (κ3) is 1.65. The van der Waals surface area contributed by atoms with Gasteiger partial charge in [0.2, 0.25) is 0 Å². The molecule has 0 unspecified atom stereocenters. The molecule has 1 aromatic rings. The zero-order valence-electron chi connectivity index (χ0n) is 9.96. The molecule has 0 atom stereocenters. The first kappa shape index (κ1) is 11.0. The molecule has 1 aromatic carbocycles. The number of allylic oxidation sites excluding steroid dienone is 1. The van der Waals surface area contributed by atoms with Gasteiger partial charge in [0.25, 0.3) is 0 Å². The van der Waals surface area contributed by atoms with Gasteiger partial charge in [-0.1, -0.05) is 32.1 Å². The highest BCUT2D eigenvalue weighted by molar-refractivity contribution is 5.50. The number of nitrogens with zero attached hydrogens (tertiary/aromatic N) is 1. The molecule has 1 aliphatic carbocycles. The van der Waals surface area contributed by atoms with Gasteiger partial charge in [0.15, 0.2) is 0 Å². The summed E-state index contributed by atoms with van der Waals surface area (Å²) in [5.74, 6) is 0.472. The third-order valence-corrected chi connectivity index (χ3v) is 3.55. The quantitative estimate of drug-likeness (QED) is 0.696. The van der Waals surface area contributed by atoms with Gasteiger partial charge in [-0.15, -0.1) is 6.58 Å². The Morgan fingerprint density at radius 3 is 2.56 bits per heavy atom. The molecule has 1 heteroatoms. The van der Waals surface area contributed by atoms with Gasteiger partial charge in [-0.25, -0.2) is 0 Å². The van der Waals surface area contributed by atoms with Crippen LogP contribution >= 0.6 is 0 Å². The van der Waals surface area contributed by atoms with Crippen LogP contribution in [0, 0.1) is 11.3 Å². The maximum atomic E-state index is 9.23. The van der Waals surface area contributed by atoms with Gasteiger partial charge >= 0.3 is 0 Å². The normalized spacial score (nSPS) is 16.9. The Labute approximate surface area is 97.4 Å². The second-order valence-corrected chi connectivity index (χ2v) is 4.93. The molecule has 0 aromatic heterocycles. The summed E-state index contributed by atoms with van der Waals surface area (Å²) in [5, 5.41) is 9.23. The van der Waals surface area contributed by atoms with Crippen LogP contribution in [0.4, 0.5) is 0 Å². The van der Waals surface area contributed by atoms with Gasteiger partial charge in [-0.2, -0.15) is 5.26 Å². The summed E-state index contributed by atoms with van der Waals surface area (Å²) >= 11 is 0. The molecule has 1 nitrogen and oxygen atoms in total. The van der Waals surface area contributed by atoms with E-state index in [-0.39, 0.29) is 5.41 Å². The highest BCUT2D eigenvalue weighted by Crippen LogP contribution is 2.50. The van der Waals surface area contributed by atoms with E-state index in [0.29, 0.717) is 5.92 Å². The van der Waals surface area contributed by atoms with Crippen molar-refractivity contribution in [1.82, 2.24) is 0 Å². The van der Waals surface area contributed by atoms with Crippen LogP contribution in [0.5, 0.6) is 0 Å². The largest absolute Gasteiger partial charge is 0.192 e. The van der Waals surface area contributed by atoms with E-state index < -0.39 is 0 Å². The van der Waals surface area contributed by atoms with Crippen molar-refractivity contribution in [2.24, 2.45) is 0 Å². The lowest BCUT2D eigenvalue weighted by Crippen LogP contribution is -2.05. The van der Waals surface area contributed by atoms with E-state index in [1.54, 1.807) is 0 Å². The van der Waals surface area contributed by atoms with E-state index in [4.69, 9.17) is 0 Å². The molecule has 0 amide bonds. The van der Waals surface area contributed by atoms with Crippen LogP contribution in [-0.4, -0.2) is 0 Å². The zero-order valence-corrected chi connectivity index (χ0v) is 9.96. The molecule has 2 rings (SSSR count). The van der Waals surface area contributed by atoms with Crippen LogP contribution in [0.3, 0.4) is 0 Å². The fraction of sp³-hybridized carbons (Fsp3) is 0.400. The Bertz CT molecular complexity index is 459. The molecule has 0 radical (unpaired) electrons. The smallest absolute Gasteiger partial charge is 0.0994 e. The predicted octanol–water partition coefficient (Wildman–Crippen LogP) is 3.90. The van der Waals surface area contributed by atoms with Crippen LogP contribution in [0.15, 0.2) is 30.9 Å². The Balaban J connectivity index is 2.49. The van der Waals surface area contributed by atoms with Crippen molar-refractivity contribution < 1.29 is 0 Å². The predicted molar refractivity (Wildman–Crippen MR) is 66.4 cm³/mol. The third-order valence-electron chi connectivity index (χ3n) is 3.55. The Morgan fingerprint density at radius 1 is 1.44 bits per heavy atom. The molecule has 0 heterocycles. The van der Waals surface area contributed by atoms with Gasteiger partial charge < -0.3 is 0 Å². The molecule has 0 saturated heterocycles. The van der Waals surface area contributed by atoms with Crippen LogP contribution in [0.25, 0.3) is 0 Å². The van der Waals surface area contributed by atoms with Crippen molar-refractivity contribution in [3.05, 3.63) is 47.5 Å². The van der Waals surface area contributed by atoms with Crippen LogP contribution < -0.4 is 0 Å². The Kier molecular flexibility index (Phi) is 2.59. The maximum Gasteiger partial charge on any atom is 0.0994 e. The molecule has 1 aliphatic rings. The van der Waals surface area contributed by atoms with Crippen molar-refractivity contribution in [2.45, 2.75) is 38.0 Å². The van der Waals surface area contributed by atoms with Crippen LogP contribution in [-0.2, 0) is 5.41 Å². The number of hydrogen-bond acceptors (Lipinski definition) is 1. The minimum Gasteiger partial charge on any atom is -0.192 e. The summed E-state index contributed by atoms with van der Waals surface area (Å²) in [7, 11) is 0. The SMILES string of the molecule is C=CC1(c2ccc(C(C)C)cc2C#N)CC1. The summed E-state index contributed by atoms with van der Waals surface area (Å²) in [6, 6.07) is 8.61. The van der Waals surface area contributed by atoms with Crippen molar-refractivity contribution in [1.29, 1.82) is 5.26 Å². The molecule has 0 bridgehead atoms. The minimum absolute atomic E-state index is 0.0978. The number of nitriles is 1. The lowest BCUT2D eigenvalue weighted by atomic mass is 9.89. The standard InChI is InChI=1S/C15H17N/c1-4-15(7-8-15)14-6-5-12(11(2)3)9-13(14)10-16/h4-6,9,11H,1,7-8H2,2-3H3. The molecular formula is C15H17N. The van der Waals surface area contributed by atoms with Gasteiger partial charge in [0.05, 0.1) is 11.6 Å². The summed E-state index contributed by atoms with van der Waals surface area (Å²) in [6.45, 7) is 8.19. The second-order valence-electron chi connectivity index (χ2n) is 4.93. The summed E-state index contributed by atoms with van der Waals surface area (Å²) in [6.07, 6.45) is 4.26. The van der Waals surface area contributed by atoms with Gasteiger partial charge in [-0.3, -0.25) is 0 Å². The van der Waals surface area contributed by atoms with Crippen LogP contribution in [0.1, 0.15) is 49.3 Å². The van der Waals surface area contributed by atoms with E-state index in [1.165, 1.54) is 5.56 Å². The van der Waals surface area contributed by atoms with Crippen molar-refractivity contribution in [3.63, 3.8) is 0 Å². The zero-order chi connectivity index (χ0) is 11.8. The molecule has 1 fully saturated rings. The lowest BCUT2D eigenvalue weighted by Gasteiger charge is -2.14. The van der Waals surface area contributed by atoms with E-state index in [0.717, 1.165) is 24.0 Å². The first-order chi connectivity index (χ1) is 7.63. The molecule has 16 heavy (non-hydrogen) atoms. The average molecular weight is 211 g/mol. The summed E-state index contributed by atoms with van der Waals surface area (Å²) < 4.78 is 0. The van der Waals surface area contributed by atoms with Crippen molar-refractivity contribution in [3.8, 4) is 6.07 Å². The van der Waals surface area contributed by atoms with E-state index >= 15 is 0 Å². The molecule has 0 N–H and O–H groups in total. The Hall–Kier alpha value is -1.55. The van der Waals surface area contributed by atoms with E-state index in [2.05, 4.69) is 38.6 Å². The molecule has 0 aliphatic heterocycles. The van der Waals surface area contributed by atoms with Gasteiger partial charge in [-0.05, 0) is 36.0 Å². The molecular weight excluding hydrogens is 194 g/mol. The fourth-order valence-corrected chi connectivity index (χ4v) is 2.17. The minimum atomic E-state index is 0.0978. The molecule has 0 spiro atoms. The summed E-state index contributed by atoms with van der Waals surface area (Å²) in [5.41, 5.74) is 3.32. The molecule has 1 saturated carbocycles. The number of benzene rings is 1. The van der Waals surface area contributed by atoms with Crippen molar-refractivity contribution >= 4 is 0 Å². The monoisotopic (exact) mass is 211 g/mol. The van der Waals surface area contributed by atoms with Crippen LogP contribution in [0.2, 0.25) is 0 Å². The van der Waals surface area contributed by atoms with E-state index in [1.807, 2.05) is 12.1 Å². The van der Waals surface area contributed by atoms with Gasteiger partial charge in [0.1, 0.15) is 0 Å². The highest BCUT2D eigenvalue weighted by atomic mass is 14.5. The average Bonchev–Trinajstić information content (AvgIpc) is 3.09. The maximum absolute atomic E-state index is 9.23. The topological polar surface area (TPSA) is 23.8 Å². The molecule has 82 valence electrons. The first-order valence-electron chi connectivity index (χ1n) is 5.81. The van der Waals surface area contributed by atoms with E-state index in [9.17, 15) is 5.26 Å². The summed E-state index contributed by atoms with van der Waals surface area (Å²) in [4.78, 5) is 0. The highest BCUT2D eigenvalue weighted by Gasteiger charge is 2.42. The Morgan fingerprint density at radius 2 is 2.12 bits per heavy atom. The second kappa shape index (κ2) is 3.79. The lowest BCUT2D eigenvalue weighted by molar-refractivity contribution is 0.850. The number of rotatable bonds is 3. The van der Waals surface area contributed by atoms with Gasteiger partial charge in [0, 0.05) is 5.41 Å². The van der Waals surface area contributed by atoms with Crippen molar-refractivity contribution in [2.75, 3.05) is 0 Å². The number of hydrogen-bond donors (Lipinski definition) is 0.